The molecule has 3 amide bonds. The molecular weight excluding hydrogens is 335 g/mol. The van der Waals surface area contributed by atoms with Crippen LogP contribution in [-0.2, 0) is 22.6 Å². The van der Waals surface area contributed by atoms with Gasteiger partial charge in [-0.25, -0.2) is 4.39 Å². The van der Waals surface area contributed by atoms with Crippen molar-refractivity contribution < 1.29 is 18.8 Å². The predicted octanol–water partition coefficient (Wildman–Crippen LogP) is 2.45. The highest BCUT2D eigenvalue weighted by molar-refractivity contribution is 6.01. The van der Waals surface area contributed by atoms with E-state index in [1.54, 1.807) is 36.4 Å². The Kier molecular flexibility index (Phi) is 5.41. The van der Waals surface area contributed by atoms with Crippen molar-refractivity contribution in [1.82, 2.24) is 10.2 Å². The van der Waals surface area contributed by atoms with Gasteiger partial charge in [0.25, 0.3) is 5.91 Å². The highest BCUT2D eigenvalue weighted by atomic mass is 19.1. The van der Waals surface area contributed by atoms with Gasteiger partial charge in [-0.05, 0) is 41.8 Å². The summed E-state index contributed by atoms with van der Waals surface area (Å²) >= 11 is 0. The molecule has 0 spiro atoms. The smallest absolute Gasteiger partial charge is 0.251 e. The molecule has 1 aliphatic rings. The van der Waals surface area contributed by atoms with E-state index in [9.17, 15) is 18.8 Å². The van der Waals surface area contributed by atoms with Gasteiger partial charge >= 0.3 is 0 Å². The molecule has 26 heavy (non-hydrogen) atoms. The normalized spacial score (nSPS) is 14.0. The number of hydrogen-bond acceptors (Lipinski definition) is 3. The van der Waals surface area contributed by atoms with Crippen LogP contribution in [0.1, 0.15) is 34.3 Å². The number of imide groups is 1. The van der Waals surface area contributed by atoms with Crippen LogP contribution in [0.2, 0.25) is 0 Å². The molecule has 1 fully saturated rings. The average Bonchev–Trinajstić information content (AvgIpc) is 2.96. The second-order valence-corrected chi connectivity index (χ2v) is 6.20. The van der Waals surface area contributed by atoms with Gasteiger partial charge in [0.1, 0.15) is 5.82 Å². The quantitative estimate of drug-likeness (QED) is 0.811. The van der Waals surface area contributed by atoms with Crippen LogP contribution in [0.25, 0.3) is 0 Å². The van der Waals surface area contributed by atoms with Crippen LogP contribution in [0, 0.1) is 5.82 Å². The summed E-state index contributed by atoms with van der Waals surface area (Å²) in [4.78, 5) is 36.7. The number of nitrogens with one attached hydrogen (secondary N) is 1. The highest BCUT2D eigenvalue weighted by Crippen LogP contribution is 2.16. The molecule has 0 radical (unpaired) electrons. The van der Waals surface area contributed by atoms with Gasteiger partial charge in [-0.15, -0.1) is 0 Å². The van der Waals surface area contributed by atoms with Crippen LogP contribution in [0.15, 0.2) is 48.5 Å². The van der Waals surface area contributed by atoms with Crippen LogP contribution in [0.5, 0.6) is 0 Å². The fraction of sp³-hybridized carbons (Fsp3) is 0.250. The molecule has 0 saturated carbocycles. The summed E-state index contributed by atoms with van der Waals surface area (Å²) in [7, 11) is 0. The second-order valence-electron chi connectivity index (χ2n) is 6.20. The summed E-state index contributed by atoms with van der Waals surface area (Å²) in [5, 5.41) is 2.82. The molecule has 1 saturated heterocycles. The van der Waals surface area contributed by atoms with Gasteiger partial charge in [0, 0.05) is 24.9 Å². The van der Waals surface area contributed by atoms with Crippen molar-refractivity contribution in [2.75, 3.05) is 6.54 Å². The number of nitrogens with zero attached hydrogens (tertiary/aromatic N) is 1. The van der Waals surface area contributed by atoms with Gasteiger partial charge < -0.3 is 5.32 Å². The fourth-order valence-electron chi connectivity index (χ4n) is 2.82. The third-order valence-electron chi connectivity index (χ3n) is 4.32. The first-order valence-electron chi connectivity index (χ1n) is 8.48. The Morgan fingerprint density at radius 2 is 1.50 bits per heavy atom. The first-order valence-corrected chi connectivity index (χ1v) is 8.48. The van der Waals surface area contributed by atoms with Crippen molar-refractivity contribution >= 4 is 17.7 Å². The molecular formula is C20H19FN2O3. The Hall–Kier alpha value is -3.02. The fourth-order valence-corrected chi connectivity index (χ4v) is 2.82. The van der Waals surface area contributed by atoms with Crippen LogP contribution in [-0.4, -0.2) is 29.2 Å². The topological polar surface area (TPSA) is 66.5 Å². The summed E-state index contributed by atoms with van der Waals surface area (Å²) < 4.78 is 12.9. The molecule has 0 aromatic heterocycles. The summed E-state index contributed by atoms with van der Waals surface area (Å²) in [6.07, 6.45) is 1.16. The maximum absolute atomic E-state index is 12.9. The lowest BCUT2D eigenvalue weighted by Gasteiger charge is -2.14. The number of amides is 3. The van der Waals surface area contributed by atoms with Crippen molar-refractivity contribution in [3.8, 4) is 0 Å². The summed E-state index contributed by atoms with van der Waals surface area (Å²) in [5.74, 6) is -0.794. The number of likely N-dealkylation sites (tertiary alicyclic amines) is 1. The largest absolute Gasteiger partial charge is 0.352 e. The lowest BCUT2D eigenvalue weighted by atomic mass is 10.1. The van der Waals surface area contributed by atoms with Crippen LogP contribution >= 0.6 is 0 Å². The van der Waals surface area contributed by atoms with Gasteiger partial charge in [-0.2, -0.15) is 0 Å². The maximum atomic E-state index is 12.9. The molecule has 2 aromatic carbocycles. The molecule has 2 aromatic rings. The monoisotopic (exact) mass is 354 g/mol. The third-order valence-corrected chi connectivity index (χ3v) is 4.32. The number of halogens is 1. The molecule has 0 bridgehead atoms. The molecule has 0 aliphatic carbocycles. The van der Waals surface area contributed by atoms with E-state index in [4.69, 9.17) is 0 Å². The lowest BCUT2D eigenvalue weighted by Crippen LogP contribution is -2.28. The van der Waals surface area contributed by atoms with Gasteiger partial charge in [-0.3, -0.25) is 19.3 Å². The van der Waals surface area contributed by atoms with Crippen LogP contribution in [0.4, 0.5) is 4.39 Å². The molecule has 3 rings (SSSR count). The first-order chi connectivity index (χ1) is 12.5. The number of carbonyl (C=O) groups excluding carboxylic acids is 3. The Morgan fingerprint density at radius 3 is 2.12 bits per heavy atom. The minimum absolute atomic E-state index is 0.155. The van der Waals surface area contributed by atoms with E-state index in [1.165, 1.54) is 17.0 Å². The number of benzene rings is 2. The number of carbonyl (C=O) groups is 3. The van der Waals surface area contributed by atoms with E-state index in [-0.39, 0.29) is 42.9 Å². The van der Waals surface area contributed by atoms with E-state index in [2.05, 4.69) is 5.32 Å². The SMILES string of the molecule is O=C(NCCc1ccc(F)cc1)c1ccc(CN2C(=O)CCC2=O)cc1. The van der Waals surface area contributed by atoms with Gasteiger partial charge in [0.2, 0.25) is 11.8 Å². The molecule has 6 heteroatoms. The Morgan fingerprint density at radius 1 is 0.923 bits per heavy atom. The van der Waals surface area contributed by atoms with E-state index >= 15 is 0 Å². The zero-order chi connectivity index (χ0) is 18.5. The van der Waals surface area contributed by atoms with E-state index in [1.807, 2.05) is 0 Å². The van der Waals surface area contributed by atoms with Gasteiger partial charge in [-0.1, -0.05) is 24.3 Å². The molecule has 134 valence electrons. The maximum Gasteiger partial charge on any atom is 0.251 e. The molecule has 0 atom stereocenters. The van der Waals surface area contributed by atoms with Crippen LogP contribution in [0.3, 0.4) is 0 Å². The zero-order valence-corrected chi connectivity index (χ0v) is 14.2. The molecule has 0 unspecified atom stereocenters. The Labute approximate surface area is 150 Å². The minimum Gasteiger partial charge on any atom is -0.352 e. The molecule has 1 N–H and O–H groups in total. The molecule has 5 nitrogen and oxygen atoms in total. The van der Waals surface area contributed by atoms with Gasteiger partial charge in [0.15, 0.2) is 0 Å². The van der Waals surface area contributed by atoms with Crippen molar-refractivity contribution in [3.63, 3.8) is 0 Å². The molecule has 1 aliphatic heterocycles. The minimum atomic E-state index is -0.282. The predicted molar refractivity (Wildman–Crippen MR) is 93.7 cm³/mol. The van der Waals surface area contributed by atoms with Crippen molar-refractivity contribution in [1.29, 1.82) is 0 Å². The summed E-state index contributed by atoms with van der Waals surface area (Å²) in [5.41, 5.74) is 2.25. The second kappa shape index (κ2) is 7.91. The van der Waals surface area contributed by atoms with Crippen molar-refractivity contribution in [2.24, 2.45) is 0 Å². The standard InChI is InChI=1S/C20H19FN2O3/c21-17-7-3-14(4-8-17)11-12-22-20(26)16-5-1-15(2-6-16)13-23-18(24)9-10-19(23)25/h1-8H,9-13H2,(H,22,26). The summed E-state index contributed by atoms with van der Waals surface area (Å²) in [6.45, 7) is 0.688. The first kappa shape index (κ1) is 17.8. The number of rotatable bonds is 6. The average molecular weight is 354 g/mol. The van der Waals surface area contributed by atoms with Crippen molar-refractivity contribution in [2.45, 2.75) is 25.8 Å². The number of hydrogen-bond donors (Lipinski definition) is 1. The van der Waals surface area contributed by atoms with Crippen molar-refractivity contribution in [3.05, 3.63) is 71.0 Å². The lowest BCUT2D eigenvalue weighted by molar-refractivity contribution is -0.139. The molecule has 1 heterocycles. The highest BCUT2D eigenvalue weighted by Gasteiger charge is 2.28. The Balaban J connectivity index is 1.51. The van der Waals surface area contributed by atoms with Gasteiger partial charge in [0.05, 0.1) is 6.54 Å². The van der Waals surface area contributed by atoms with Crippen LogP contribution < -0.4 is 5.32 Å². The third kappa shape index (κ3) is 4.33. The van der Waals surface area contributed by atoms with E-state index in [0.29, 0.717) is 18.5 Å². The van der Waals surface area contributed by atoms with E-state index < -0.39 is 0 Å². The zero-order valence-electron chi connectivity index (χ0n) is 14.2. The Bertz CT molecular complexity index is 800. The van der Waals surface area contributed by atoms with E-state index in [0.717, 1.165) is 11.1 Å². The summed E-state index contributed by atoms with van der Waals surface area (Å²) in [6, 6.07) is 13.0.